The third kappa shape index (κ3) is 1.05. The molecule has 2 atom stereocenters. The number of rotatable bonds is 1. The van der Waals surface area contributed by atoms with Gasteiger partial charge in [0.25, 0.3) is 0 Å². The second kappa shape index (κ2) is 2.48. The molecule has 2 heteroatoms. The Hall–Kier alpha value is -1.02. The Morgan fingerprint density at radius 1 is 1.46 bits per heavy atom. The van der Waals surface area contributed by atoms with Crippen LogP contribution in [0.25, 0.3) is 0 Å². The first-order valence-electron chi connectivity index (χ1n) is 4.71. The standard InChI is InChI=1S/C11H12O2/c1-12-8-4-2-7-3-5-10-11(13-10)9(7)6-8/h2,4,6,10-11H,3,5H2,1H3/t10-,11+/m0/s1. The van der Waals surface area contributed by atoms with Crippen molar-refractivity contribution < 1.29 is 9.47 Å². The molecular weight excluding hydrogens is 164 g/mol. The Morgan fingerprint density at radius 3 is 3.23 bits per heavy atom. The summed E-state index contributed by atoms with van der Waals surface area (Å²) < 4.78 is 10.7. The Balaban J connectivity index is 2.06. The molecule has 0 aromatic heterocycles. The molecule has 1 aromatic rings. The quantitative estimate of drug-likeness (QED) is 0.611. The summed E-state index contributed by atoms with van der Waals surface area (Å²) in [6.07, 6.45) is 3.21. The largest absolute Gasteiger partial charge is 0.497 e. The minimum Gasteiger partial charge on any atom is -0.497 e. The van der Waals surface area contributed by atoms with Crippen LogP contribution in [0.5, 0.6) is 5.75 Å². The monoisotopic (exact) mass is 176 g/mol. The Morgan fingerprint density at radius 2 is 2.38 bits per heavy atom. The molecule has 1 aliphatic carbocycles. The molecule has 1 saturated heterocycles. The molecule has 3 rings (SSSR count). The van der Waals surface area contributed by atoms with Gasteiger partial charge < -0.3 is 9.47 Å². The molecule has 0 saturated carbocycles. The summed E-state index contributed by atoms with van der Waals surface area (Å²) in [7, 11) is 1.70. The minimum atomic E-state index is 0.374. The molecule has 2 aliphatic rings. The zero-order valence-electron chi connectivity index (χ0n) is 7.62. The van der Waals surface area contributed by atoms with Crippen LogP contribution in [0.4, 0.5) is 0 Å². The predicted octanol–water partition coefficient (Wildman–Crippen LogP) is 2.08. The van der Waals surface area contributed by atoms with E-state index in [2.05, 4.69) is 12.1 Å². The van der Waals surface area contributed by atoms with Gasteiger partial charge in [0.2, 0.25) is 0 Å². The molecule has 1 heterocycles. The lowest BCUT2D eigenvalue weighted by Gasteiger charge is -2.12. The summed E-state index contributed by atoms with van der Waals surface area (Å²) in [4.78, 5) is 0. The fraction of sp³-hybridized carbons (Fsp3) is 0.455. The average Bonchev–Trinajstić information content (AvgIpc) is 2.96. The van der Waals surface area contributed by atoms with Crippen LogP contribution in [0.3, 0.4) is 0 Å². The molecule has 1 aromatic carbocycles. The second-order valence-corrected chi connectivity index (χ2v) is 3.70. The van der Waals surface area contributed by atoms with E-state index in [4.69, 9.17) is 9.47 Å². The van der Waals surface area contributed by atoms with E-state index >= 15 is 0 Å². The van der Waals surface area contributed by atoms with Crippen LogP contribution >= 0.6 is 0 Å². The highest BCUT2D eigenvalue weighted by atomic mass is 16.6. The van der Waals surface area contributed by atoms with Gasteiger partial charge in [-0.1, -0.05) is 6.07 Å². The minimum absolute atomic E-state index is 0.374. The van der Waals surface area contributed by atoms with Gasteiger partial charge in [-0.05, 0) is 36.1 Å². The van der Waals surface area contributed by atoms with Gasteiger partial charge in [-0.15, -0.1) is 0 Å². The number of methoxy groups -OCH3 is 1. The Labute approximate surface area is 77.5 Å². The van der Waals surface area contributed by atoms with Crippen molar-refractivity contribution >= 4 is 0 Å². The highest BCUT2D eigenvalue weighted by molar-refractivity contribution is 5.41. The van der Waals surface area contributed by atoms with Crippen LogP contribution in [0, 0.1) is 0 Å². The molecular formula is C11H12O2. The van der Waals surface area contributed by atoms with Gasteiger partial charge in [0.15, 0.2) is 0 Å². The summed E-state index contributed by atoms with van der Waals surface area (Å²) in [6, 6.07) is 6.30. The smallest absolute Gasteiger partial charge is 0.119 e. The Bertz CT molecular complexity index is 346. The lowest BCUT2D eigenvalue weighted by molar-refractivity contribution is 0.372. The van der Waals surface area contributed by atoms with Gasteiger partial charge in [0.1, 0.15) is 11.9 Å². The van der Waals surface area contributed by atoms with E-state index in [1.54, 1.807) is 7.11 Å². The zero-order chi connectivity index (χ0) is 8.84. The summed E-state index contributed by atoms with van der Waals surface area (Å²) in [6.45, 7) is 0. The molecule has 0 unspecified atom stereocenters. The van der Waals surface area contributed by atoms with Crippen molar-refractivity contribution in [3.05, 3.63) is 29.3 Å². The maximum absolute atomic E-state index is 5.55. The van der Waals surface area contributed by atoms with E-state index < -0.39 is 0 Å². The molecule has 0 N–H and O–H groups in total. The first-order chi connectivity index (χ1) is 6.38. The Kier molecular flexibility index (Phi) is 1.41. The van der Waals surface area contributed by atoms with Crippen molar-refractivity contribution in [1.82, 2.24) is 0 Å². The van der Waals surface area contributed by atoms with Crippen molar-refractivity contribution in [3.63, 3.8) is 0 Å². The summed E-state index contributed by atoms with van der Waals surface area (Å²) >= 11 is 0. The number of hydrogen-bond acceptors (Lipinski definition) is 2. The van der Waals surface area contributed by atoms with Crippen LogP contribution in [-0.4, -0.2) is 13.2 Å². The first kappa shape index (κ1) is 7.39. The predicted molar refractivity (Wildman–Crippen MR) is 48.9 cm³/mol. The van der Waals surface area contributed by atoms with Crippen LogP contribution in [-0.2, 0) is 11.2 Å². The summed E-state index contributed by atoms with van der Waals surface area (Å²) in [5.41, 5.74) is 2.77. The van der Waals surface area contributed by atoms with E-state index in [9.17, 15) is 0 Å². The van der Waals surface area contributed by atoms with E-state index in [1.165, 1.54) is 17.5 Å². The zero-order valence-corrected chi connectivity index (χ0v) is 7.62. The van der Waals surface area contributed by atoms with Crippen LogP contribution in [0.15, 0.2) is 18.2 Å². The fourth-order valence-electron chi connectivity index (χ4n) is 2.13. The highest BCUT2D eigenvalue weighted by Gasteiger charge is 2.43. The number of benzene rings is 1. The first-order valence-corrected chi connectivity index (χ1v) is 4.71. The van der Waals surface area contributed by atoms with Crippen LogP contribution in [0.1, 0.15) is 23.7 Å². The van der Waals surface area contributed by atoms with Crippen LogP contribution < -0.4 is 4.74 Å². The van der Waals surface area contributed by atoms with E-state index in [-0.39, 0.29) is 0 Å². The number of fused-ring (bicyclic) bond motifs is 3. The van der Waals surface area contributed by atoms with E-state index in [0.29, 0.717) is 12.2 Å². The number of ether oxygens (including phenoxy) is 2. The normalized spacial score (nSPS) is 29.0. The molecule has 0 bridgehead atoms. The van der Waals surface area contributed by atoms with Crippen molar-refractivity contribution in [2.24, 2.45) is 0 Å². The third-order valence-electron chi connectivity index (χ3n) is 2.94. The van der Waals surface area contributed by atoms with Gasteiger partial charge >= 0.3 is 0 Å². The molecule has 0 amide bonds. The topological polar surface area (TPSA) is 21.8 Å². The van der Waals surface area contributed by atoms with Gasteiger partial charge in [-0.3, -0.25) is 0 Å². The van der Waals surface area contributed by atoms with Crippen LogP contribution in [0.2, 0.25) is 0 Å². The van der Waals surface area contributed by atoms with Crippen molar-refractivity contribution in [2.75, 3.05) is 7.11 Å². The number of aryl methyl sites for hydroxylation is 1. The molecule has 1 aliphatic heterocycles. The molecule has 1 fully saturated rings. The SMILES string of the molecule is COc1ccc2c(c1)[C@H]1O[C@H]1CC2. The fourth-order valence-corrected chi connectivity index (χ4v) is 2.13. The molecule has 0 radical (unpaired) electrons. The van der Waals surface area contributed by atoms with Crippen molar-refractivity contribution in [1.29, 1.82) is 0 Å². The lowest BCUT2D eigenvalue weighted by atomic mass is 9.92. The molecule has 68 valence electrons. The molecule has 13 heavy (non-hydrogen) atoms. The lowest BCUT2D eigenvalue weighted by Crippen LogP contribution is -2.04. The second-order valence-electron chi connectivity index (χ2n) is 3.70. The molecule has 0 spiro atoms. The average molecular weight is 176 g/mol. The van der Waals surface area contributed by atoms with E-state index in [0.717, 1.165) is 12.2 Å². The van der Waals surface area contributed by atoms with Gasteiger partial charge in [-0.25, -0.2) is 0 Å². The van der Waals surface area contributed by atoms with Crippen molar-refractivity contribution in [2.45, 2.75) is 25.0 Å². The van der Waals surface area contributed by atoms with E-state index in [1.807, 2.05) is 6.07 Å². The number of epoxide rings is 1. The van der Waals surface area contributed by atoms with Crippen molar-refractivity contribution in [3.8, 4) is 5.75 Å². The summed E-state index contributed by atoms with van der Waals surface area (Å²) in [5.74, 6) is 0.940. The third-order valence-corrected chi connectivity index (χ3v) is 2.94. The maximum atomic E-state index is 5.55. The summed E-state index contributed by atoms with van der Waals surface area (Å²) in [5, 5.41) is 0. The maximum Gasteiger partial charge on any atom is 0.119 e. The highest BCUT2D eigenvalue weighted by Crippen LogP contribution is 2.47. The van der Waals surface area contributed by atoms with Gasteiger partial charge in [0, 0.05) is 0 Å². The number of hydrogen-bond donors (Lipinski definition) is 0. The van der Waals surface area contributed by atoms with Gasteiger partial charge in [-0.2, -0.15) is 0 Å². The van der Waals surface area contributed by atoms with Gasteiger partial charge in [0.05, 0.1) is 13.2 Å². The molecule has 2 nitrogen and oxygen atoms in total.